The molecule has 0 bridgehead atoms. The molecule has 1 aromatic heterocycles. The Bertz CT molecular complexity index is 1490. The Morgan fingerprint density at radius 3 is 2.00 bits per heavy atom. The van der Waals surface area contributed by atoms with Crippen LogP contribution >= 0.6 is 23.2 Å². The van der Waals surface area contributed by atoms with Gasteiger partial charge in [-0.2, -0.15) is 10.5 Å². The molecule has 8 heteroatoms. The van der Waals surface area contributed by atoms with Gasteiger partial charge in [-0.25, -0.2) is 9.13 Å². The summed E-state index contributed by atoms with van der Waals surface area (Å²) in [6.07, 6.45) is 6.93. The minimum atomic E-state index is 0.285. The zero-order chi connectivity index (χ0) is 26.7. The standard InChI is InChI=1S/C29H31Cl2N6/c1-5-34-24-16-20(12-14-32)22(30)18-26(24)36(7-3)28(34)10-9-11-29-35(6-2)25-17-21(13-15-33)23(31)19-27(25)37(29)8-4/h9-11,16-19H,5-8,12-13H2,1-4H3/q+1. The van der Waals surface area contributed by atoms with Crippen LogP contribution in [0.5, 0.6) is 0 Å². The molecule has 1 aliphatic heterocycles. The molecule has 1 aliphatic rings. The van der Waals surface area contributed by atoms with E-state index >= 15 is 0 Å². The SMILES string of the molecule is CCN1C(=CC=Cc2n(CC)c3cc(CC#N)c(Cl)cc3[n+]2CC)N(CC)c2cc(CC#N)c(Cl)cc21. The van der Waals surface area contributed by atoms with Gasteiger partial charge < -0.3 is 9.80 Å². The molecular weight excluding hydrogens is 503 g/mol. The number of nitrogens with zero attached hydrogens (tertiary/aromatic N) is 6. The summed E-state index contributed by atoms with van der Waals surface area (Å²) in [5, 5.41) is 19.7. The summed E-state index contributed by atoms with van der Waals surface area (Å²) in [4.78, 5) is 4.51. The summed E-state index contributed by atoms with van der Waals surface area (Å²) in [6.45, 7) is 11.7. The minimum Gasteiger partial charge on any atom is -0.326 e. The van der Waals surface area contributed by atoms with Crippen LogP contribution in [0.4, 0.5) is 11.4 Å². The average molecular weight is 535 g/mol. The molecule has 190 valence electrons. The predicted octanol–water partition coefficient (Wildman–Crippen LogP) is 6.63. The number of rotatable bonds is 8. The first-order valence-corrected chi connectivity index (χ1v) is 13.4. The molecule has 0 radical (unpaired) electrons. The number of aryl methyl sites for hydroxylation is 2. The Balaban J connectivity index is 1.80. The van der Waals surface area contributed by atoms with Crippen molar-refractivity contribution in [2.75, 3.05) is 22.9 Å². The number of hydrogen-bond donors (Lipinski definition) is 0. The molecule has 4 rings (SSSR count). The van der Waals surface area contributed by atoms with Crippen molar-refractivity contribution in [3.05, 3.63) is 69.2 Å². The third-order valence-electron chi connectivity index (χ3n) is 6.85. The van der Waals surface area contributed by atoms with Crippen molar-refractivity contribution < 1.29 is 4.57 Å². The Labute approximate surface area is 228 Å². The molecule has 0 atom stereocenters. The first-order valence-electron chi connectivity index (χ1n) is 12.7. The monoisotopic (exact) mass is 533 g/mol. The van der Waals surface area contributed by atoms with Gasteiger partial charge in [0.15, 0.2) is 11.0 Å². The van der Waals surface area contributed by atoms with Crippen LogP contribution in [0.15, 0.2) is 42.2 Å². The summed E-state index contributed by atoms with van der Waals surface area (Å²) in [5.74, 6) is 2.14. The van der Waals surface area contributed by atoms with Gasteiger partial charge in [-0.1, -0.05) is 29.3 Å². The highest BCUT2D eigenvalue weighted by atomic mass is 35.5. The number of anilines is 2. The number of nitriles is 2. The van der Waals surface area contributed by atoms with Crippen molar-refractivity contribution in [2.24, 2.45) is 0 Å². The molecule has 0 spiro atoms. The Morgan fingerprint density at radius 2 is 1.43 bits per heavy atom. The molecule has 0 saturated heterocycles. The van der Waals surface area contributed by atoms with E-state index in [1.807, 2.05) is 24.3 Å². The number of halogens is 2. The van der Waals surface area contributed by atoms with Crippen LogP contribution in [-0.4, -0.2) is 17.7 Å². The fourth-order valence-corrected chi connectivity index (χ4v) is 5.64. The van der Waals surface area contributed by atoms with E-state index in [0.717, 1.165) is 71.4 Å². The van der Waals surface area contributed by atoms with Gasteiger partial charge in [0.2, 0.25) is 0 Å². The van der Waals surface area contributed by atoms with Crippen LogP contribution in [0.2, 0.25) is 10.0 Å². The normalized spacial score (nSPS) is 14.1. The van der Waals surface area contributed by atoms with Gasteiger partial charge in [-0.05, 0) is 63.1 Å². The van der Waals surface area contributed by atoms with Crippen LogP contribution < -0.4 is 14.4 Å². The van der Waals surface area contributed by atoms with Crippen LogP contribution in [0, 0.1) is 22.7 Å². The minimum absolute atomic E-state index is 0.285. The second-order valence-corrected chi connectivity index (χ2v) is 9.57. The van der Waals surface area contributed by atoms with Crippen LogP contribution in [0.25, 0.3) is 17.1 Å². The lowest BCUT2D eigenvalue weighted by atomic mass is 10.1. The fourth-order valence-electron chi connectivity index (χ4n) is 5.19. The van der Waals surface area contributed by atoms with Crippen molar-refractivity contribution >= 4 is 51.7 Å². The molecule has 0 N–H and O–H groups in total. The smallest absolute Gasteiger partial charge is 0.282 e. The fraction of sp³-hybridized carbons (Fsp3) is 0.345. The summed E-state index contributed by atoms with van der Waals surface area (Å²) in [5.41, 5.74) is 5.96. The third-order valence-corrected chi connectivity index (χ3v) is 7.55. The number of benzene rings is 2. The number of hydrogen-bond acceptors (Lipinski definition) is 4. The first kappa shape index (κ1) is 26.6. The van der Waals surface area contributed by atoms with E-state index in [9.17, 15) is 10.5 Å². The summed E-state index contributed by atoms with van der Waals surface area (Å²) >= 11 is 13.0. The van der Waals surface area contributed by atoms with E-state index in [4.69, 9.17) is 23.2 Å². The lowest BCUT2D eigenvalue weighted by Crippen LogP contribution is -2.35. The van der Waals surface area contributed by atoms with Crippen molar-refractivity contribution in [3.63, 3.8) is 0 Å². The van der Waals surface area contributed by atoms with E-state index in [1.165, 1.54) is 0 Å². The number of imidazole rings is 1. The third kappa shape index (κ3) is 4.68. The zero-order valence-electron chi connectivity index (χ0n) is 21.7. The van der Waals surface area contributed by atoms with Gasteiger partial charge >= 0.3 is 0 Å². The van der Waals surface area contributed by atoms with Crippen LogP contribution in [0.1, 0.15) is 44.6 Å². The predicted molar refractivity (Wildman–Crippen MR) is 152 cm³/mol. The second kappa shape index (κ2) is 11.3. The highest BCUT2D eigenvalue weighted by Crippen LogP contribution is 2.44. The van der Waals surface area contributed by atoms with E-state index < -0.39 is 0 Å². The van der Waals surface area contributed by atoms with Crippen LogP contribution in [0.3, 0.4) is 0 Å². The lowest BCUT2D eigenvalue weighted by molar-refractivity contribution is -0.670. The molecule has 0 aliphatic carbocycles. The van der Waals surface area contributed by atoms with E-state index in [1.54, 1.807) is 0 Å². The van der Waals surface area contributed by atoms with Crippen molar-refractivity contribution in [1.29, 1.82) is 10.5 Å². The summed E-state index contributed by atoms with van der Waals surface area (Å²) in [7, 11) is 0. The van der Waals surface area contributed by atoms with Crippen molar-refractivity contribution in [3.8, 4) is 12.1 Å². The number of fused-ring (bicyclic) bond motifs is 2. The van der Waals surface area contributed by atoms with Gasteiger partial charge in [-0.3, -0.25) is 0 Å². The summed E-state index contributed by atoms with van der Waals surface area (Å²) < 4.78 is 4.51. The quantitative estimate of drug-likeness (QED) is 0.305. The maximum absolute atomic E-state index is 9.21. The highest BCUT2D eigenvalue weighted by molar-refractivity contribution is 6.32. The van der Waals surface area contributed by atoms with E-state index in [0.29, 0.717) is 10.0 Å². The molecule has 0 amide bonds. The van der Waals surface area contributed by atoms with Crippen molar-refractivity contribution in [2.45, 2.75) is 53.6 Å². The molecule has 6 nitrogen and oxygen atoms in total. The largest absolute Gasteiger partial charge is 0.326 e. The summed E-state index contributed by atoms with van der Waals surface area (Å²) in [6, 6.07) is 12.5. The number of aromatic nitrogens is 2. The molecule has 0 unspecified atom stereocenters. The maximum atomic E-state index is 9.21. The van der Waals surface area contributed by atoms with Gasteiger partial charge in [0.05, 0.1) is 49.4 Å². The molecular formula is C29H31Cl2N6+. The van der Waals surface area contributed by atoms with Gasteiger partial charge in [0.25, 0.3) is 5.82 Å². The van der Waals surface area contributed by atoms with E-state index in [2.05, 4.69) is 77.0 Å². The topological polar surface area (TPSA) is 62.9 Å². The molecule has 0 fully saturated rings. The molecule has 3 aromatic rings. The van der Waals surface area contributed by atoms with Crippen LogP contribution in [-0.2, 0) is 25.9 Å². The van der Waals surface area contributed by atoms with Gasteiger partial charge in [0.1, 0.15) is 5.82 Å². The molecule has 0 saturated carbocycles. The Morgan fingerprint density at radius 1 is 0.838 bits per heavy atom. The second-order valence-electron chi connectivity index (χ2n) is 8.75. The van der Waals surface area contributed by atoms with Gasteiger partial charge in [-0.15, -0.1) is 0 Å². The number of allylic oxidation sites excluding steroid dienone is 2. The Kier molecular flexibility index (Phi) is 8.13. The Hall–Kier alpha value is -3.45. The highest BCUT2D eigenvalue weighted by Gasteiger charge is 2.30. The van der Waals surface area contributed by atoms with Crippen molar-refractivity contribution in [1.82, 2.24) is 4.57 Å². The molecule has 2 heterocycles. The average Bonchev–Trinajstić information content (AvgIpc) is 3.34. The van der Waals surface area contributed by atoms with E-state index in [-0.39, 0.29) is 12.8 Å². The first-order chi connectivity index (χ1) is 17.9. The maximum Gasteiger partial charge on any atom is 0.282 e. The molecule has 2 aromatic carbocycles. The van der Waals surface area contributed by atoms with Gasteiger partial charge in [0, 0.05) is 35.3 Å². The molecule has 37 heavy (non-hydrogen) atoms. The lowest BCUT2D eigenvalue weighted by Gasteiger charge is -2.23. The zero-order valence-corrected chi connectivity index (χ0v) is 23.2.